The van der Waals surface area contributed by atoms with Crippen molar-refractivity contribution >= 4 is 85.1 Å². The topological polar surface area (TPSA) is 38.8 Å². The molecule has 0 atom stereocenters. The number of rotatable bonds is 7. The quantitative estimate of drug-likeness (QED) is 0.198. The summed E-state index contributed by atoms with van der Waals surface area (Å²) >= 11 is 22.3. The Balaban J connectivity index is 1.61. The molecule has 10 heteroatoms. The van der Waals surface area contributed by atoms with Crippen LogP contribution in [0.25, 0.3) is 6.08 Å². The summed E-state index contributed by atoms with van der Waals surface area (Å²) in [5.41, 5.74) is 1.67. The number of thioether (sulfide) groups is 1. The minimum absolute atomic E-state index is 0.0347. The fourth-order valence-corrected chi connectivity index (χ4v) is 5.47. The first-order valence-corrected chi connectivity index (χ1v) is 13.1. The molecule has 3 aromatic rings. The highest BCUT2D eigenvalue weighted by Gasteiger charge is 2.33. The van der Waals surface area contributed by atoms with E-state index in [0.717, 1.165) is 0 Å². The lowest BCUT2D eigenvalue weighted by atomic mass is 10.1. The predicted molar refractivity (Wildman–Crippen MR) is 148 cm³/mol. The molecule has 4 nitrogen and oxygen atoms in total. The summed E-state index contributed by atoms with van der Waals surface area (Å²) in [4.78, 5) is 15.0. The molecule has 0 aromatic heterocycles. The van der Waals surface area contributed by atoms with Crippen LogP contribution in [0.4, 0.5) is 10.1 Å². The maximum atomic E-state index is 14.0. The van der Waals surface area contributed by atoms with E-state index < -0.39 is 0 Å². The van der Waals surface area contributed by atoms with E-state index in [1.807, 2.05) is 6.92 Å². The van der Waals surface area contributed by atoms with E-state index in [1.54, 1.807) is 54.6 Å². The summed E-state index contributed by atoms with van der Waals surface area (Å²) in [5, 5.41) is 0.723. The van der Waals surface area contributed by atoms with E-state index in [2.05, 4.69) is 15.9 Å². The Morgan fingerprint density at radius 3 is 2.60 bits per heavy atom. The molecule has 180 valence electrons. The number of halogens is 4. The molecule has 1 aliphatic heterocycles. The molecular weight excluding hydrogens is 596 g/mol. The van der Waals surface area contributed by atoms with E-state index in [-0.39, 0.29) is 18.3 Å². The number of hydrogen-bond acceptors (Lipinski definition) is 5. The van der Waals surface area contributed by atoms with Crippen molar-refractivity contribution in [3.63, 3.8) is 0 Å². The van der Waals surface area contributed by atoms with Crippen molar-refractivity contribution in [3.8, 4) is 11.5 Å². The predicted octanol–water partition coefficient (Wildman–Crippen LogP) is 8.28. The molecule has 1 fully saturated rings. The molecule has 0 unspecified atom stereocenters. The summed E-state index contributed by atoms with van der Waals surface area (Å²) in [7, 11) is 0. The lowest BCUT2D eigenvalue weighted by molar-refractivity contribution is -0.113. The molecule has 1 saturated heterocycles. The van der Waals surface area contributed by atoms with Crippen LogP contribution < -0.4 is 14.4 Å². The summed E-state index contributed by atoms with van der Waals surface area (Å²) < 4.78 is 26.7. The minimum atomic E-state index is -0.345. The van der Waals surface area contributed by atoms with E-state index in [9.17, 15) is 9.18 Å². The number of ether oxygens (including phenoxy) is 2. The van der Waals surface area contributed by atoms with Crippen molar-refractivity contribution in [3.05, 3.63) is 91.0 Å². The molecule has 0 radical (unpaired) electrons. The minimum Gasteiger partial charge on any atom is -0.490 e. The number of thiocarbonyl (C=S) groups is 1. The van der Waals surface area contributed by atoms with Gasteiger partial charge >= 0.3 is 0 Å². The number of nitrogens with zero attached hydrogens (tertiary/aromatic N) is 1. The first kappa shape index (κ1) is 26.0. The van der Waals surface area contributed by atoms with Gasteiger partial charge in [-0.3, -0.25) is 9.69 Å². The molecule has 1 amide bonds. The van der Waals surface area contributed by atoms with Crippen LogP contribution in [0.15, 0.2) is 64.0 Å². The zero-order valence-electron chi connectivity index (χ0n) is 18.2. The maximum absolute atomic E-state index is 14.0. The lowest BCUT2D eigenvalue weighted by Gasteiger charge is -2.15. The average Bonchev–Trinajstić information content (AvgIpc) is 3.09. The van der Waals surface area contributed by atoms with Crippen LogP contribution in [0, 0.1) is 5.82 Å². The van der Waals surface area contributed by atoms with Gasteiger partial charge in [-0.1, -0.05) is 65.4 Å². The van der Waals surface area contributed by atoms with Crippen molar-refractivity contribution < 1.29 is 18.7 Å². The Morgan fingerprint density at radius 1 is 1.11 bits per heavy atom. The highest BCUT2D eigenvalue weighted by Crippen LogP contribution is 2.41. The molecule has 4 rings (SSSR count). The normalized spacial score (nSPS) is 14.7. The fourth-order valence-electron chi connectivity index (χ4n) is 3.31. The number of anilines is 1. The van der Waals surface area contributed by atoms with Crippen LogP contribution >= 0.6 is 63.1 Å². The van der Waals surface area contributed by atoms with E-state index in [1.165, 1.54) is 22.7 Å². The first-order valence-electron chi connectivity index (χ1n) is 10.3. The number of hydrogen-bond donors (Lipinski definition) is 0. The number of carbonyl (C=O) groups excluding carboxylic acids is 1. The molecule has 1 heterocycles. The molecule has 0 N–H and O–H groups in total. The van der Waals surface area contributed by atoms with Crippen LogP contribution in [0.5, 0.6) is 11.5 Å². The van der Waals surface area contributed by atoms with Gasteiger partial charge < -0.3 is 9.47 Å². The second-order valence-corrected chi connectivity index (χ2v) is 10.6. The average molecular weight is 613 g/mol. The number of benzene rings is 3. The van der Waals surface area contributed by atoms with Gasteiger partial charge in [-0.15, -0.1) is 0 Å². The molecule has 3 aromatic carbocycles. The van der Waals surface area contributed by atoms with Crippen molar-refractivity contribution in [2.24, 2.45) is 0 Å². The highest BCUT2D eigenvalue weighted by atomic mass is 79.9. The molecule has 1 aliphatic rings. The van der Waals surface area contributed by atoms with Gasteiger partial charge in [-0.25, -0.2) is 4.39 Å². The summed E-state index contributed by atoms with van der Waals surface area (Å²) in [6.45, 7) is 2.28. The Bertz CT molecular complexity index is 1350. The zero-order valence-corrected chi connectivity index (χ0v) is 22.9. The molecule has 35 heavy (non-hydrogen) atoms. The van der Waals surface area contributed by atoms with Gasteiger partial charge in [0, 0.05) is 5.56 Å². The third-order valence-electron chi connectivity index (χ3n) is 4.91. The maximum Gasteiger partial charge on any atom is 0.270 e. The highest BCUT2D eigenvalue weighted by molar-refractivity contribution is 9.10. The van der Waals surface area contributed by atoms with Crippen LogP contribution in [-0.2, 0) is 11.4 Å². The first-order chi connectivity index (χ1) is 16.8. The Labute approximate surface area is 230 Å². The van der Waals surface area contributed by atoms with E-state index >= 15 is 0 Å². The standard InChI is InChI=1S/C25H17BrCl2FNO3S2/c1-2-32-21-10-14(9-17(26)23(21)33-13-15-5-3-4-6-20(15)29)11-22-24(31)30(25(34)35-22)16-7-8-18(27)19(28)12-16/h3-12H,2,13H2,1H3/b22-11+. The van der Waals surface area contributed by atoms with Crippen molar-refractivity contribution in [1.29, 1.82) is 0 Å². The van der Waals surface area contributed by atoms with Crippen molar-refractivity contribution in [1.82, 2.24) is 0 Å². The molecule has 0 spiro atoms. The summed E-state index contributed by atoms with van der Waals surface area (Å²) in [6, 6.07) is 14.9. The molecular formula is C25H17BrCl2FNO3S2. The van der Waals surface area contributed by atoms with Gasteiger partial charge in [0.2, 0.25) is 0 Å². The van der Waals surface area contributed by atoms with Crippen LogP contribution in [-0.4, -0.2) is 16.8 Å². The van der Waals surface area contributed by atoms with Crippen molar-refractivity contribution in [2.45, 2.75) is 13.5 Å². The van der Waals surface area contributed by atoms with Gasteiger partial charge in [0.25, 0.3) is 5.91 Å². The second kappa shape index (κ2) is 11.3. The summed E-state index contributed by atoms with van der Waals surface area (Å²) in [5.74, 6) is 0.287. The van der Waals surface area contributed by atoms with Gasteiger partial charge in [0.15, 0.2) is 15.8 Å². The Hall–Kier alpha value is -2.10. The molecule has 0 bridgehead atoms. The fraction of sp³-hybridized carbons (Fsp3) is 0.120. The largest absolute Gasteiger partial charge is 0.490 e. The monoisotopic (exact) mass is 611 g/mol. The number of amides is 1. The molecule has 0 saturated carbocycles. The SMILES string of the molecule is CCOc1cc(/C=C2/SC(=S)N(c3ccc(Cl)c(Cl)c3)C2=O)cc(Br)c1OCc1ccccc1F. The van der Waals surface area contributed by atoms with Crippen LogP contribution in [0.3, 0.4) is 0 Å². The van der Waals surface area contributed by atoms with Crippen LogP contribution in [0.1, 0.15) is 18.1 Å². The van der Waals surface area contributed by atoms with Crippen LogP contribution in [0.2, 0.25) is 10.0 Å². The smallest absolute Gasteiger partial charge is 0.270 e. The van der Waals surface area contributed by atoms with Crippen molar-refractivity contribution in [2.75, 3.05) is 11.5 Å². The molecule has 0 aliphatic carbocycles. The van der Waals surface area contributed by atoms with E-state index in [4.69, 9.17) is 44.9 Å². The Kier molecular flexibility index (Phi) is 8.39. The van der Waals surface area contributed by atoms with Gasteiger partial charge in [-0.05, 0) is 70.9 Å². The third-order valence-corrected chi connectivity index (χ3v) is 7.54. The second-order valence-electron chi connectivity index (χ2n) is 7.26. The Morgan fingerprint density at radius 2 is 1.89 bits per heavy atom. The van der Waals surface area contributed by atoms with Gasteiger partial charge in [0.1, 0.15) is 12.4 Å². The van der Waals surface area contributed by atoms with Gasteiger partial charge in [0.05, 0.1) is 31.7 Å². The zero-order chi connectivity index (χ0) is 25.1. The summed E-state index contributed by atoms with van der Waals surface area (Å²) in [6.07, 6.45) is 1.73. The van der Waals surface area contributed by atoms with E-state index in [0.29, 0.717) is 58.7 Å². The third kappa shape index (κ3) is 5.84. The lowest BCUT2D eigenvalue weighted by Crippen LogP contribution is -2.27. The van der Waals surface area contributed by atoms with Gasteiger partial charge in [-0.2, -0.15) is 0 Å². The number of carbonyl (C=O) groups is 1.